The van der Waals surface area contributed by atoms with Gasteiger partial charge in [-0.2, -0.15) is 0 Å². The molecular weight excluding hydrogens is 328 g/mol. The number of nitrogens with zero attached hydrogens (tertiary/aromatic N) is 5. The minimum Gasteiger partial charge on any atom is -0.369 e. The summed E-state index contributed by atoms with van der Waals surface area (Å²) in [5, 5.41) is 12.5. The number of aromatic nitrogens is 4. The third-order valence-electron chi connectivity index (χ3n) is 4.97. The molecule has 0 bridgehead atoms. The number of rotatable bonds is 5. The molecule has 3 rings (SSSR count). The van der Waals surface area contributed by atoms with Crippen LogP contribution in [0.5, 0.6) is 0 Å². The maximum absolute atomic E-state index is 12.6. The molecule has 1 saturated heterocycles. The van der Waals surface area contributed by atoms with Gasteiger partial charge in [0.1, 0.15) is 0 Å². The molecule has 1 aliphatic carbocycles. The number of carbonyl (C=O) groups excluding carboxylic acids is 2. The largest absolute Gasteiger partial charge is 0.369 e. The average molecular weight is 352 g/mol. The van der Waals surface area contributed by atoms with Gasteiger partial charge >= 0.3 is 0 Å². The third kappa shape index (κ3) is 3.71. The van der Waals surface area contributed by atoms with Gasteiger partial charge in [0.25, 0.3) is 0 Å². The van der Waals surface area contributed by atoms with Gasteiger partial charge in [-0.05, 0) is 43.0 Å². The first-order chi connectivity index (χ1) is 11.6. The molecule has 2 N–H and O–H groups in total. The van der Waals surface area contributed by atoms with Crippen molar-refractivity contribution in [1.82, 2.24) is 25.1 Å². The Kier molecular flexibility index (Phi) is 5.37. The van der Waals surface area contributed by atoms with Gasteiger partial charge in [-0.1, -0.05) is 24.6 Å². The van der Waals surface area contributed by atoms with Crippen molar-refractivity contribution in [2.45, 2.75) is 61.9 Å². The number of likely N-dealkylation sites (tertiary alicyclic amines) is 1. The summed E-state index contributed by atoms with van der Waals surface area (Å²) in [7, 11) is 0. The fraction of sp³-hybridized carbons (Fsp3) is 0.800. The zero-order valence-electron chi connectivity index (χ0n) is 13.9. The van der Waals surface area contributed by atoms with Gasteiger partial charge in [-0.25, -0.2) is 4.68 Å². The number of hydrogen-bond donors (Lipinski definition) is 1. The lowest BCUT2D eigenvalue weighted by molar-refractivity contribution is -0.134. The molecule has 2 amide bonds. The molecule has 9 heteroatoms. The topological polar surface area (TPSA) is 107 Å². The van der Waals surface area contributed by atoms with E-state index in [4.69, 9.17) is 5.73 Å². The number of nitrogens with two attached hydrogens (primary N) is 1. The van der Waals surface area contributed by atoms with Crippen LogP contribution in [-0.2, 0) is 9.59 Å². The first-order valence-electron chi connectivity index (χ1n) is 8.59. The Labute approximate surface area is 145 Å². The molecule has 8 nitrogen and oxygen atoms in total. The van der Waals surface area contributed by atoms with Crippen LogP contribution in [0.4, 0.5) is 0 Å². The molecule has 1 aromatic heterocycles. The van der Waals surface area contributed by atoms with E-state index in [1.165, 1.54) is 24.6 Å². The highest BCUT2D eigenvalue weighted by atomic mass is 32.2. The molecule has 2 heterocycles. The van der Waals surface area contributed by atoms with Crippen molar-refractivity contribution in [3.63, 3.8) is 0 Å². The van der Waals surface area contributed by atoms with E-state index in [1.807, 2.05) is 16.5 Å². The van der Waals surface area contributed by atoms with E-state index < -0.39 is 0 Å². The molecule has 2 fully saturated rings. The fourth-order valence-electron chi connectivity index (χ4n) is 3.49. The lowest BCUT2D eigenvalue weighted by atomic mass is 9.96. The van der Waals surface area contributed by atoms with Gasteiger partial charge in [-0.15, -0.1) is 5.10 Å². The lowest BCUT2D eigenvalue weighted by Gasteiger charge is -2.32. The molecule has 0 spiro atoms. The van der Waals surface area contributed by atoms with Crippen molar-refractivity contribution in [2.75, 3.05) is 13.1 Å². The van der Waals surface area contributed by atoms with E-state index in [9.17, 15) is 9.59 Å². The van der Waals surface area contributed by atoms with Gasteiger partial charge in [0.15, 0.2) is 0 Å². The summed E-state index contributed by atoms with van der Waals surface area (Å²) >= 11 is 1.42. The summed E-state index contributed by atoms with van der Waals surface area (Å²) < 4.78 is 1.88. The molecule has 1 aromatic rings. The van der Waals surface area contributed by atoms with Gasteiger partial charge in [0.05, 0.1) is 11.3 Å². The average Bonchev–Trinajstić information content (AvgIpc) is 3.25. The van der Waals surface area contributed by atoms with Crippen molar-refractivity contribution in [1.29, 1.82) is 0 Å². The zero-order valence-corrected chi connectivity index (χ0v) is 14.7. The van der Waals surface area contributed by atoms with Crippen molar-refractivity contribution in [2.24, 2.45) is 11.7 Å². The van der Waals surface area contributed by atoms with Crippen LogP contribution in [0.15, 0.2) is 5.16 Å². The van der Waals surface area contributed by atoms with Crippen molar-refractivity contribution < 1.29 is 9.59 Å². The van der Waals surface area contributed by atoms with Gasteiger partial charge in [0, 0.05) is 19.0 Å². The zero-order chi connectivity index (χ0) is 17.1. The van der Waals surface area contributed by atoms with Crippen LogP contribution in [-0.4, -0.2) is 55.3 Å². The number of carbonyl (C=O) groups is 2. The molecule has 1 unspecified atom stereocenters. The second-order valence-corrected chi connectivity index (χ2v) is 7.91. The predicted molar refractivity (Wildman–Crippen MR) is 89.1 cm³/mol. The lowest BCUT2D eigenvalue weighted by Crippen LogP contribution is -2.44. The monoisotopic (exact) mass is 352 g/mol. The predicted octanol–water partition coefficient (Wildman–Crippen LogP) is 0.993. The van der Waals surface area contributed by atoms with Crippen LogP contribution in [0, 0.1) is 5.92 Å². The normalized spacial score (nSPS) is 21.1. The molecule has 0 radical (unpaired) electrons. The Morgan fingerprint density at radius 1 is 1.21 bits per heavy atom. The van der Waals surface area contributed by atoms with E-state index in [0.717, 1.165) is 18.0 Å². The minimum atomic E-state index is -0.264. The maximum Gasteiger partial charge on any atom is 0.235 e. The highest BCUT2D eigenvalue weighted by molar-refractivity contribution is 8.00. The standard InChI is InChI=1S/C15H24N6O2S/c1-10(14(23)20-8-6-11(7-9-20)13(16)22)24-15-17-18-19-21(15)12-4-2-3-5-12/h10-12H,2-9H2,1H3,(H2,16,22). The fourth-order valence-corrected chi connectivity index (χ4v) is 4.43. The molecule has 132 valence electrons. The minimum absolute atomic E-state index is 0.0730. The Hall–Kier alpha value is -1.64. The number of amides is 2. The Morgan fingerprint density at radius 3 is 2.50 bits per heavy atom. The molecular formula is C15H24N6O2S. The summed E-state index contributed by atoms with van der Waals surface area (Å²) in [4.78, 5) is 25.7. The molecule has 1 saturated carbocycles. The smallest absolute Gasteiger partial charge is 0.235 e. The molecule has 1 aliphatic heterocycles. The van der Waals surface area contributed by atoms with E-state index in [-0.39, 0.29) is 23.0 Å². The Balaban J connectivity index is 1.57. The van der Waals surface area contributed by atoms with E-state index in [1.54, 1.807) is 0 Å². The van der Waals surface area contributed by atoms with Crippen LogP contribution in [0.25, 0.3) is 0 Å². The highest BCUT2D eigenvalue weighted by Gasteiger charge is 2.30. The van der Waals surface area contributed by atoms with Gasteiger partial charge in [-0.3, -0.25) is 9.59 Å². The SMILES string of the molecule is CC(Sc1nnnn1C1CCCC1)C(=O)N1CCC(C(N)=O)CC1. The molecule has 2 aliphatic rings. The third-order valence-corrected chi connectivity index (χ3v) is 6.01. The maximum atomic E-state index is 12.6. The summed E-state index contributed by atoms with van der Waals surface area (Å²) in [6, 6.07) is 0.358. The number of hydrogen-bond acceptors (Lipinski definition) is 6. The summed E-state index contributed by atoms with van der Waals surface area (Å²) in [5.74, 6) is -0.296. The number of thioether (sulfide) groups is 1. The van der Waals surface area contributed by atoms with Gasteiger partial charge in [0.2, 0.25) is 17.0 Å². The second kappa shape index (κ2) is 7.50. The first kappa shape index (κ1) is 17.2. The first-order valence-corrected chi connectivity index (χ1v) is 9.47. The van der Waals surface area contributed by atoms with E-state index in [2.05, 4.69) is 15.5 Å². The van der Waals surface area contributed by atoms with Crippen molar-refractivity contribution >= 4 is 23.6 Å². The van der Waals surface area contributed by atoms with Crippen LogP contribution in [0.3, 0.4) is 0 Å². The van der Waals surface area contributed by atoms with Gasteiger partial charge < -0.3 is 10.6 Å². The van der Waals surface area contributed by atoms with Crippen LogP contribution < -0.4 is 5.73 Å². The number of piperidine rings is 1. The Bertz CT molecular complexity index is 593. The summed E-state index contributed by atoms with van der Waals surface area (Å²) in [6.45, 7) is 3.07. The van der Waals surface area contributed by atoms with Crippen LogP contribution in [0.2, 0.25) is 0 Å². The van der Waals surface area contributed by atoms with Crippen molar-refractivity contribution in [3.8, 4) is 0 Å². The second-order valence-electron chi connectivity index (χ2n) is 6.61. The van der Waals surface area contributed by atoms with Crippen LogP contribution in [0.1, 0.15) is 51.5 Å². The number of tetrazole rings is 1. The molecule has 0 aromatic carbocycles. The van der Waals surface area contributed by atoms with E-state index >= 15 is 0 Å². The van der Waals surface area contributed by atoms with Crippen molar-refractivity contribution in [3.05, 3.63) is 0 Å². The Morgan fingerprint density at radius 2 is 1.88 bits per heavy atom. The molecule has 1 atom stereocenters. The van der Waals surface area contributed by atoms with E-state index in [0.29, 0.717) is 32.0 Å². The van der Waals surface area contributed by atoms with Crippen LogP contribution >= 0.6 is 11.8 Å². The number of primary amides is 1. The molecule has 24 heavy (non-hydrogen) atoms. The highest BCUT2D eigenvalue weighted by Crippen LogP contribution is 2.33. The summed E-state index contributed by atoms with van der Waals surface area (Å²) in [5.41, 5.74) is 5.34. The quantitative estimate of drug-likeness (QED) is 0.792. The summed E-state index contributed by atoms with van der Waals surface area (Å²) in [6.07, 6.45) is 5.91.